The average molecular weight is 377 g/mol. The maximum Gasteiger partial charge on any atom is 0.324 e. The van der Waals surface area contributed by atoms with Gasteiger partial charge < -0.3 is 11.1 Å². The van der Waals surface area contributed by atoms with E-state index in [2.05, 4.69) is 10.3 Å². The van der Waals surface area contributed by atoms with Crippen LogP contribution in [0.4, 0.5) is 9.93 Å². The van der Waals surface area contributed by atoms with Gasteiger partial charge in [-0.15, -0.1) is 12.4 Å². The lowest BCUT2D eigenvalue weighted by molar-refractivity contribution is 0.243. The molecule has 1 atom stereocenters. The van der Waals surface area contributed by atoms with Gasteiger partial charge in [0.15, 0.2) is 5.13 Å². The van der Waals surface area contributed by atoms with Crippen molar-refractivity contribution in [1.82, 2.24) is 10.3 Å². The minimum atomic E-state index is -0.184. The van der Waals surface area contributed by atoms with Crippen LogP contribution in [0.3, 0.4) is 0 Å². The minimum Gasteiger partial charge on any atom is -0.331 e. The van der Waals surface area contributed by atoms with Gasteiger partial charge in [-0.3, -0.25) is 4.90 Å². The van der Waals surface area contributed by atoms with Gasteiger partial charge in [-0.2, -0.15) is 0 Å². The summed E-state index contributed by atoms with van der Waals surface area (Å²) in [5.41, 5.74) is 7.65. The molecule has 0 spiro atoms. The second-order valence-corrected chi connectivity index (χ2v) is 6.50. The Hall–Kier alpha value is -2.15. The number of para-hydroxylation sites is 1. The Morgan fingerprint density at radius 1 is 1.20 bits per heavy atom. The lowest BCUT2D eigenvalue weighted by Gasteiger charge is -2.22. The first-order valence-electron chi connectivity index (χ1n) is 7.87. The van der Waals surface area contributed by atoms with Crippen molar-refractivity contribution < 1.29 is 4.79 Å². The molecule has 2 amide bonds. The van der Waals surface area contributed by atoms with E-state index >= 15 is 0 Å². The summed E-state index contributed by atoms with van der Waals surface area (Å²) in [6, 6.07) is 17.5. The van der Waals surface area contributed by atoms with Crippen molar-refractivity contribution in [2.24, 2.45) is 5.73 Å². The highest BCUT2D eigenvalue weighted by molar-refractivity contribution is 7.22. The van der Waals surface area contributed by atoms with Crippen LogP contribution in [0.15, 0.2) is 54.6 Å². The number of hydrogen-bond acceptors (Lipinski definition) is 4. The van der Waals surface area contributed by atoms with Gasteiger partial charge in [0, 0.05) is 13.1 Å². The fourth-order valence-corrected chi connectivity index (χ4v) is 3.47. The number of hydrogen-bond donors (Lipinski definition) is 2. The number of aromatic nitrogens is 1. The van der Waals surface area contributed by atoms with E-state index in [1.807, 2.05) is 61.5 Å². The second kappa shape index (κ2) is 8.80. The predicted molar refractivity (Wildman–Crippen MR) is 107 cm³/mol. The SMILES string of the molecule is C[C@H](NC(=O)N(CCN)c1nc2ccccc2s1)c1ccccc1.Cl. The number of thiazole rings is 1. The van der Waals surface area contributed by atoms with Crippen molar-refractivity contribution in [2.75, 3.05) is 18.0 Å². The van der Waals surface area contributed by atoms with Crippen LogP contribution in [-0.4, -0.2) is 24.1 Å². The molecule has 0 saturated carbocycles. The Morgan fingerprint density at radius 2 is 1.88 bits per heavy atom. The molecule has 3 rings (SSSR count). The fraction of sp³-hybridized carbons (Fsp3) is 0.222. The zero-order chi connectivity index (χ0) is 16.9. The van der Waals surface area contributed by atoms with E-state index < -0.39 is 0 Å². The van der Waals surface area contributed by atoms with Gasteiger partial charge in [0.2, 0.25) is 0 Å². The summed E-state index contributed by atoms with van der Waals surface area (Å²) in [6.45, 7) is 2.77. The standard InChI is InChI=1S/C18H20N4OS.ClH/c1-13(14-7-3-2-4-8-14)20-17(23)22(12-11-19)18-21-15-9-5-6-10-16(15)24-18;/h2-10,13H,11-12,19H2,1H3,(H,20,23);1H/t13-;/m0./s1. The number of nitrogens with zero attached hydrogens (tertiary/aromatic N) is 2. The third-order valence-electron chi connectivity index (χ3n) is 3.75. The molecule has 0 aliphatic rings. The Morgan fingerprint density at radius 3 is 2.56 bits per heavy atom. The third-order valence-corrected chi connectivity index (χ3v) is 4.81. The van der Waals surface area contributed by atoms with Crippen LogP contribution < -0.4 is 16.0 Å². The van der Waals surface area contributed by atoms with Gasteiger partial charge in [-0.05, 0) is 24.6 Å². The summed E-state index contributed by atoms with van der Waals surface area (Å²) >= 11 is 1.49. The van der Waals surface area contributed by atoms with E-state index in [0.717, 1.165) is 15.8 Å². The van der Waals surface area contributed by atoms with Gasteiger partial charge >= 0.3 is 6.03 Å². The minimum absolute atomic E-state index is 0. The summed E-state index contributed by atoms with van der Waals surface area (Å²) in [5.74, 6) is 0. The Bertz CT molecular complexity index is 791. The van der Waals surface area contributed by atoms with Crippen molar-refractivity contribution in [2.45, 2.75) is 13.0 Å². The first-order chi connectivity index (χ1) is 11.7. The highest BCUT2D eigenvalue weighted by Gasteiger charge is 2.20. The number of fused-ring (bicyclic) bond motifs is 1. The van der Waals surface area contributed by atoms with Crippen molar-refractivity contribution in [3.63, 3.8) is 0 Å². The zero-order valence-corrected chi connectivity index (χ0v) is 15.5. The van der Waals surface area contributed by atoms with Crippen molar-refractivity contribution >= 4 is 45.1 Å². The van der Waals surface area contributed by atoms with E-state index in [1.165, 1.54) is 11.3 Å². The number of nitrogens with two attached hydrogens (primary N) is 1. The Kier molecular flexibility index (Phi) is 6.75. The fourth-order valence-electron chi connectivity index (χ4n) is 2.48. The van der Waals surface area contributed by atoms with Crippen LogP contribution in [0.5, 0.6) is 0 Å². The number of carbonyl (C=O) groups excluding carboxylic acids is 1. The second-order valence-electron chi connectivity index (χ2n) is 5.49. The molecular weight excluding hydrogens is 356 g/mol. The molecular formula is C18H21ClN4OS. The van der Waals surface area contributed by atoms with Crippen LogP contribution in [0, 0.1) is 0 Å². The number of urea groups is 1. The molecule has 0 aliphatic carbocycles. The summed E-state index contributed by atoms with van der Waals surface area (Å²) < 4.78 is 1.05. The summed E-state index contributed by atoms with van der Waals surface area (Å²) in [6.07, 6.45) is 0. The van der Waals surface area contributed by atoms with Crippen molar-refractivity contribution in [1.29, 1.82) is 0 Å². The quantitative estimate of drug-likeness (QED) is 0.708. The molecule has 7 heteroatoms. The van der Waals surface area contributed by atoms with Crippen molar-refractivity contribution in [3.8, 4) is 0 Å². The number of anilines is 1. The van der Waals surface area contributed by atoms with E-state index in [-0.39, 0.29) is 24.5 Å². The normalized spacial score (nSPS) is 11.6. The van der Waals surface area contributed by atoms with Crippen LogP contribution in [0.25, 0.3) is 10.2 Å². The maximum atomic E-state index is 12.7. The van der Waals surface area contributed by atoms with Gasteiger partial charge in [-0.25, -0.2) is 9.78 Å². The van der Waals surface area contributed by atoms with Crippen LogP contribution in [0.1, 0.15) is 18.5 Å². The predicted octanol–water partition coefficient (Wildman–Crippen LogP) is 3.95. The molecule has 25 heavy (non-hydrogen) atoms. The highest BCUT2D eigenvalue weighted by Crippen LogP contribution is 2.28. The Labute approximate surface area is 157 Å². The molecule has 132 valence electrons. The van der Waals surface area contributed by atoms with Gasteiger partial charge in [-0.1, -0.05) is 53.8 Å². The van der Waals surface area contributed by atoms with E-state index in [4.69, 9.17) is 5.73 Å². The van der Waals surface area contributed by atoms with E-state index in [0.29, 0.717) is 18.2 Å². The van der Waals surface area contributed by atoms with Gasteiger partial charge in [0.05, 0.1) is 16.3 Å². The van der Waals surface area contributed by atoms with E-state index in [9.17, 15) is 4.79 Å². The molecule has 3 N–H and O–H groups in total. The molecule has 0 fully saturated rings. The first-order valence-corrected chi connectivity index (χ1v) is 8.69. The molecule has 0 aliphatic heterocycles. The molecule has 1 heterocycles. The van der Waals surface area contributed by atoms with Crippen LogP contribution in [-0.2, 0) is 0 Å². The van der Waals surface area contributed by atoms with Gasteiger partial charge in [0.1, 0.15) is 0 Å². The molecule has 3 aromatic rings. The monoisotopic (exact) mass is 376 g/mol. The smallest absolute Gasteiger partial charge is 0.324 e. The Balaban J connectivity index is 0.00000225. The summed E-state index contributed by atoms with van der Waals surface area (Å²) in [7, 11) is 0. The van der Waals surface area contributed by atoms with Crippen LogP contribution >= 0.6 is 23.7 Å². The molecule has 2 aromatic carbocycles. The van der Waals surface area contributed by atoms with Crippen LogP contribution in [0.2, 0.25) is 0 Å². The molecule has 0 saturated heterocycles. The summed E-state index contributed by atoms with van der Waals surface area (Å²) in [5, 5.41) is 3.69. The molecule has 5 nitrogen and oxygen atoms in total. The molecule has 1 aromatic heterocycles. The molecule has 0 radical (unpaired) electrons. The molecule has 0 unspecified atom stereocenters. The topological polar surface area (TPSA) is 71.2 Å². The third kappa shape index (κ3) is 4.48. The average Bonchev–Trinajstić information content (AvgIpc) is 3.03. The number of benzene rings is 2. The highest BCUT2D eigenvalue weighted by atomic mass is 35.5. The summed E-state index contributed by atoms with van der Waals surface area (Å²) in [4.78, 5) is 18.9. The number of nitrogens with one attached hydrogen (secondary N) is 1. The van der Waals surface area contributed by atoms with Crippen molar-refractivity contribution in [3.05, 3.63) is 60.2 Å². The van der Waals surface area contributed by atoms with Gasteiger partial charge in [0.25, 0.3) is 0 Å². The number of amides is 2. The number of halogens is 1. The maximum absolute atomic E-state index is 12.7. The number of carbonyl (C=O) groups is 1. The zero-order valence-electron chi connectivity index (χ0n) is 13.9. The number of rotatable bonds is 5. The largest absolute Gasteiger partial charge is 0.331 e. The molecule has 0 bridgehead atoms. The lowest BCUT2D eigenvalue weighted by atomic mass is 10.1. The lowest BCUT2D eigenvalue weighted by Crippen LogP contribution is -2.43. The first kappa shape index (κ1) is 19.2. The van der Waals surface area contributed by atoms with E-state index in [1.54, 1.807) is 4.90 Å².